The number of amides is 1. The Morgan fingerprint density at radius 2 is 1.83 bits per heavy atom. The van der Waals surface area contributed by atoms with Crippen molar-refractivity contribution >= 4 is 36.6 Å². The zero-order chi connectivity index (χ0) is 22.4. The summed E-state index contributed by atoms with van der Waals surface area (Å²) < 4.78 is 0. The molecule has 6 heteroatoms. The van der Waals surface area contributed by atoms with E-state index in [1.54, 1.807) is 11.8 Å². The molecule has 0 aliphatic heterocycles. The second-order valence-corrected chi connectivity index (χ2v) is 9.12. The minimum atomic E-state index is -0.453. The van der Waals surface area contributed by atoms with Crippen molar-refractivity contribution in [1.82, 2.24) is 5.32 Å². The quantitative estimate of drug-likeness (QED) is 0.229. The Morgan fingerprint density at radius 3 is 2.40 bits per heavy atom. The van der Waals surface area contributed by atoms with Crippen LogP contribution in [-0.2, 0) is 16.0 Å². The molecule has 1 aromatic carbocycles. The molecule has 166 valence electrons. The van der Waals surface area contributed by atoms with Gasteiger partial charge in [-0.15, -0.1) is 0 Å². The van der Waals surface area contributed by atoms with Crippen molar-refractivity contribution < 1.29 is 9.59 Å². The summed E-state index contributed by atoms with van der Waals surface area (Å²) in [7, 11) is 0. The second kappa shape index (κ2) is 15.3. The van der Waals surface area contributed by atoms with Crippen LogP contribution in [0.2, 0.25) is 0 Å². The van der Waals surface area contributed by atoms with Crippen LogP contribution in [-0.4, -0.2) is 42.0 Å². The molecule has 0 fully saturated rings. The molecule has 0 spiro atoms. The molecule has 30 heavy (non-hydrogen) atoms. The number of hydrogen-bond donors (Lipinski definition) is 3. The number of carbonyl (C=O) groups is 2. The van der Waals surface area contributed by atoms with Crippen LogP contribution >= 0.6 is 24.4 Å². The van der Waals surface area contributed by atoms with Gasteiger partial charge in [0.05, 0.1) is 12.0 Å². The van der Waals surface area contributed by atoms with Crippen LogP contribution in [0, 0.1) is 17.8 Å². The SMILES string of the molecule is CSCC[C@@H](C=O)NC(=O)[C@H](/C=C\[C@@H](/C=C/[C@@H](N)CS)C(C)C)Cc1ccccc1. The number of thioether (sulfide) groups is 1. The molecule has 0 aromatic heterocycles. The first-order valence-corrected chi connectivity index (χ1v) is 12.5. The van der Waals surface area contributed by atoms with Crippen molar-refractivity contribution in [3.63, 3.8) is 0 Å². The second-order valence-electron chi connectivity index (χ2n) is 7.77. The van der Waals surface area contributed by atoms with Gasteiger partial charge in [-0.25, -0.2) is 0 Å². The number of thiol groups is 1. The molecule has 1 rings (SSSR count). The molecular formula is C24H36N2O2S2. The normalized spacial score (nSPS) is 15.9. The van der Waals surface area contributed by atoms with E-state index in [-0.39, 0.29) is 23.8 Å². The lowest BCUT2D eigenvalue weighted by atomic mass is 9.91. The summed E-state index contributed by atoms with van der Waals surface area (Å²) in [5.41, 5.74) is 7.04. The van der Waals surface area contributed by atoms with Gasteiger partial charge in [0.2, 0.25) is 5.91 Å². The van der Waals surface area contributed by atoms with E-state index in [2.05, 4.69) is 43.9 Å². The molecule has 0 bridgehead atoms. The smallest absolute Gasteiger partial charge is 0.227 e. The number of nitrogens with two attached hydrogens (primary N) is 1. The van der Waals surface area contributed by atoms with Gasteiger partial charge in [0, 0.05) is 11.8 Å². The van der Waals surface area contributed by atoms with Gasteiger partial charge >= 0.3 is 0 Å². The molecule has 0 saturated heterocycles. The Hall–Kier alpha value is -1.50. The monoisotopic (exact) mass is 448 g/mol. The highest BCUT2D eigenvalue weighted by molar-refractivity contribution is 7.98. The van der Waals surface area contributed by atoms with Crippen LogP contribution in [0.5, 0.6) is 0 Å². The fourth-order valence-electron chi connectivity index (χ4n) is 2.93. The third kappa shape index (κ3) is 10.5. The fraction of sp³-hybridized carbons (Fsp3) is 0.500. The molecule has 0 aliphatic carbocycles. The number of rotatable bonds is 14. The van der Waals surface area contributed by atoms with Crippen molar-refractivity contribution in [1.29, 1.82) is 0 Å². The van der Waals surface area contributed by atoms with E-state index in [4.69, 9.17) is 5.73 Å². The average Bonchev–Trinajstić information content (AvgIpc) is 2.75. The highest BCUT2D eigenvalue weighted by Gasteiger charge is 2.20. The fourth-order valence-corrected chi connectivity index (χ4v) is 3.54. The lowest BCUT2D eigenvalue weighted by Gasteiger charge is -2.19. The van der Waals surface area contributed by atoms with Gasteiger partial charge in [-0.2, -0.15) is 24.4 Å². The van der Waals surface area contributed by atoms with Gasteiger partial charge < -0.3 is 15.8 Å². The number of aldehydes is 1. The van der Waals surface area contributed by atoms with Crippen LogP contribution in [0.3, 0.4) is 0 Å². The molecule has 3 N–H and O–H groups in total. The Kier molecular flexibility index (Phi) is 13.6. The highest BCUT2D eigenvalue weighted by atomic mass is 32.2. The van der Waals surface area contributed by atoms with Crippen LogP contribution in [0.15, 0.2) is 54.6 Å². The first-order valence-electron chi connectivity index (χ1n) is 10.4. The van der Waals surface area contributed by atoms with Crippen molar-refractivity contribution in [3.05, 3.63) is 60.2 Å². The van der Waals surface area contributed by atoms with E-state index in [1.165, 1.54) is 0 Å². The van der Waals surface area contributed by atoms with Crippen molar-refractivity contribution in [3.8, 4) is 0 Å². The number of allylic oxidation sites excluding steroid dienone is 2. The third-order valence-electron chi connectivity index (χ3n) is 4.89. The molecule has 1 amide bonds. The van der Waals surface area contributed by atoms with E-state index < -0.39 is 6.04 Å². The summed E-state index contributed by atoms with van der Waals surface area (Å²) >= 11 is 5.89. The maximum absolute atomic E-state index is 13.0. The highest BCUT2D eigenvalue weighted by Crippen LogP contribution is 2.18. The Morgan fingerprint density at radius 1 is 1.17 bits per heavy atom. The van der Waals surface area contributed by atoms with Crippen LogP contribution in [0.25, 0.3) is 0 Å². The summed E-state index contributed by atoms with van der Waals surface area (Å²) in [4.78, 5) is 24.4. The number of nitrogens with one attached hydrogen (secondary N) is 1. The standard InChI is InChI=1S/C24H36N2O2S2/c1-18(2)20(11-12-22(25)17-29)9-10-21(15-19-7-5-4-6-8-19)24(28)26-23(16-27)13-14-30-3/h4-12,16,18,20-23,29H,13-15,17,25H2,1-3H3,(H,26,28)/b10-9-,12-11+/t20-,21+,22+,23-/m0/s1. The van der Waals surface area contributed by atoms with Gasteiger partial charge in [-0.1, -0.05) is 68.5 Å². The van der Waals surface area contributed by atoms with E-state index in [1.807, 2.05) is 48.7 Å². The summed E-state index contributed by atoms with van der Waals surface area (Å²) in [5, 5.41) is 2.91. The zero-order valence-corrected chi connectivity index (χ0v) is 19.9. The van der Waals surface area contributed by atoms with Gasteiger partial charge in [-0.3, -0.25) is 4.79 Å². The molecule has 0 saturated carbocycles. The van der Waals surface area contributed by atoms with E-state index >= 15 is 0 Å². The minimum absolute atomic E-state index is 0.0869. The van der Waals surface area contributed by atoms with Gasteiger partial charge in [0.1, 0.15) is 6.29 Å². The first-order chi connectivity index (χ1) is 14.4. The van der Waals surface area contributed by atoms with E-state index in [0.29, 0.717) is 24.5 Å². The minimum Gasteiger partial charge on any atom is -0.346 e. The zero-order valence-electron chi connectivity index (χ0n) is 18.2. The molecule has 0 aliphatic rings. The molecule has 4 atom stereocenters. The lowest BCUT2D eigenvalue weighted by Crippen LogP contribution is -2.40. The average molecular weight is 449 g/mol. The molecule has 0 radical (unpaired) electrons. The molecule has 0 unspecified atom stereocenters. The lowest BCUT2D eigenvalue weighted by molar-refractivity contribution is -0.126. The van der Waals surface area contributed by atoms with E-state index in [0.717, 1.165) is 17.6 Å². The number of hydrogen-bond acceptors (Lipinski definition) is 5. The molecule has 1 aromatic rings. The van der Waals surface area contributed by atoms with Crippen molar-refractivity contribution in [2.75, 3.05) is 17.8 Å². The van der Waals surface area contributed by atoms with Gasteiger partial charge in [0.15, 0.2) is 0 Å². The number of benzene rings is 1. The van der Waals surface area contributed by atoms with Gasteiger partial charge in [0.25, 0.3) is 0 Å². The van der Waals surface area contributed by atoms with Crippen molar-refractivity contribution in [2.45, 2.75) is 38.8 Å². The predicted octanol–water partition coefficient (Wildman–Crippen LogP) is 3.92. The Balaban J connectivity index is 3.00. The summed E-state index contributed by atoms with van der Waals surface area (Å²) in [5.74, 6) is 1.49. The first kappa shape index (κ1) is 26.5. The summed E-state index contributed by atoms with van der Waals surface area (Å²) in [6.45, 7) is 4.28. The summed E-state index contributed by atoms with van der Waals surface area (Å²) in [6.07, 6.45) is 12.2. The molecular weight excluding hydrogens is 412 g/mol. The number of carbonyl (C=O) groups excluding carboxylic acids is 2. The topological polar surface area (TPSA) is 72.2 Å². The predicted molar refractivity (Wildman–Crippen MR) is 133 cm³/mol. The molecule has 0 heterocycles. The summed E-state index contributed by atoms with van der Waals surface area (Å²) in [6, 6.07) is 9.40. The molecule has 4 nitrogen and oxygen atoms in total. The maximum atomic E-state index is 13.0. The van der Waals surface area contributed by atoms with Crippen molar-refractivity contribution in [2.24, 2.45) is 23.5 Å². The Labute approximate surface area is 191 Å². The van der Waals surface area contributed by atoms with E-state index in [9.17, 15) is 9.59 Å². The third-order valence-corrected chi connectivity index (χ3v) is 5.95. The Bertz CT molecular complexity index is 677. The van der Waals surface area contributed by atoms with Crippen LogP contribution in [0.1, 0.15) is 25.8 Å². The largest absolute Gasteiger partial charge is 0.346 e. The maximum Gasteiger partial charge on any atom is 0.227 e. The van der Waals surface area contributed by atoms with Crippen LogP contribution in [0.4, 0.5) is 0 Å². The van der Waals surface area contributed by atoms with Gasteiger partial charge in [-0.05, 0) is 42.2 Å². The van der Waals surface area contributed by atoms with Crippen LogP contribution < -0.4 is 11.1 Å².